The van der Waals surface area contributed by atoms with Gasteiger partial charge in [-0.15, -0.1) is 11.8 Å². The lowest BCUT2D eigenvalue weighted by molar-refractivity contribution is -0.138. The van der Waals surface area contributed by atoms with Crippen molar-refractivity contribution >= 4 is 17.7 Å². The topological polar surface area (TPSA) is 49.3 Å². The second-order valence-electron chi connectivity index (χ2n) is 3.18. The van der Waals surface area contributed by atoms with Crippen LogP contribution >= 0.6 is 11.8 Å². The minimum Gasteiger partial charge on any atom is -0.480 e. The third kappa shape index (κ3) is 1.91. The quantitative estimate of drug-likeness (QED) is 0.774. The summed E-state index contributed by atoms with van der Waals surface area (Å²) < 4.78 is 0. The van der Waals surface area contributed by atoms with Crippen LogP contribution < -0.4 is 5.32 Å². The Balaban J connectivity index is 2.06. The first-order chi connectivity index (χ1) is 6.77. The summed E-state index contributed by atoms with van der Waals surface area (Å²) >= 11 is 1.64. The Bertz CT molecular complexity index is 328. The zero-order valence-corrected chi connectivity index (χ0v) is 8.33. The number of carbonyl (C=O) groups is 1. The van der Waals surface area contributed by atoms with E-state index in [9.17, 15) is 4.79 Å². The molecule has 0 radical (unpaired) electrons. The largest absolute Gasteiger partial charge is 0.480 e. The Labute approximate surface area is 86.5 Å². The second kappa shape index (κ2) is 4.02. The number of aliphatic carboxylic acids is 1. The highest BCUT2D eigenvalue weighted by molar-refractivity contribution is 7.99. The lowest BCUT2D eigenvalue weighted by Gasteiger charge is -2.10. The molecule has 1 aliphatic rings. The van der Waals surface area contributed by atoms with Crippen molar-refractivity contribution in [2.45, 2.75) is 11.4 Å². The smallest absolute Gasteiger partial charge is 0.321 e. The molecule has 0 amide bonds. The fourth-order valence-electron chi connectivity index (χ4n) is 1.43. The Kier molecular flexibility index (Phi) is 2.74. The fourth-order valence-corrected chi connectivity index (χ4v) is 2.67. The standard InChI is InChI=1S/C10H11NO2S/c12-10(13)8-6-14-9(11-8)7-4-2-1-3-5-7/h1-5,8-9,11H,6H2,(H,12,13)/t8?,9-/m0/s1. The van der Waals surface area contributed by atoms with Crippen molar-refractivity contribution in [3.8, 4) is 0 Å². The molecule has 1 heterocycles. The lowest BCUT2D eigenvalue weighted by Crippen LogP contribution is -2.33. The van der Waals surface area contributed by atoms with E-state index in [1.165, 1.54) is 0 Å². The van der Waals surface area contributed by atoms with E-state index in [2.05, 4.69) is 5.32 Å². The van der Waals surface area contributed by atoms with Gasteiger partial charge in [0.25, 0.3) is 0 Å². The Morgan fingerprint density at radius 2 is 2.14 bits per heavy atom. The van der Waals surface area contributed by atoms with Gasteiger partial charge in [0, 0.05) is 5.75 Å². The molecule has 2 rings (SSSR count). The normalized spacial score (nSPS) is 26.3. The fraction of sp³-hybridized carbons (Fsp3) is 0.300. The molecule has 0 bridgehead atoms. The number of rotatable bonds is 2. The molecule has 0 spiro atoms. The van der Waals surface area contributed by atoms with E-state index in [1.807, 2.05) is 30.3 Å². The average Bonchev–Trinajstić information content (AvgIpc) is 2.68. The van der Waals surface area contributed by atoms with Gasteiger partial charge in [-0.2, -0.15) is 0 Å². The average molecular weight is 209 g/mol. The molecule has 74 valence electrons. The molecule has 0 aromatic heterocycles. The zero-order chi connectivity index (χ0) is 9.97. The van der Waals surface area contributed by atoms with Crippen LogP contribution in [0.15, 0.2) is 30.3 Å². The van der Waals surface area contributed by atoms with Gasteiger partial charge in [-0.05, 0) is 5.56 Å². The maximum absolute atomic E-state index is 10.7. The zero-order valence-electron chi connectivity index (χ0n) is 7.51. The van der Waals surface area contributed by atoms with E-state index in [-0.39, 0.29) is 5.37 Å². The molecule has 3 nitrogen and oxygen atoms in total. The van der Waals surface area contributed by atoms with Gasteiger partial charge in [-0.25, -0.2) is 0 Å². The molecule has 2 N–H and O–H groups in total. The van der Waals surface area contributed by atoms with Crippen LogP contribution in [0.25, 0.3) is 0 Å². The van der Waals surface area contributed by atoms with Crippen molar-refractivity contribution in [2.75, 3.05) is 5.75 Å². The number of carboxylic acid groups (broad SMARTS) is 1. The molecule has 4 heteroatoms. The van der Waals surface area contributed by atoms with Crippen molar-refractivity contribution in [1.82, 2.24) is 5.32 Å². The van der Waals surface area contributed by atoms with Crippen molar-refractivity contribution in [1.29, 1.82) is 0 Å². The molecule has 14 heavy (non-hydrogen) atoms. The number of hydrogen-bond donors (Lipinski definition) is 2. The number of nitrogens with one attached hydrogen (secondary N) is 1. The number of thioether (sulfide) groups is 1. The summed E-state index contributed by atoms with van der Waals surface area (Å²) in [7, 11) is 0. The number of carboxylic acids is 1. The van der Waals surface area contributed by atoms with Crippen LogP contribution in [0.3, 0.4) is 0 Å². The van der Waals surface area contributed by atoms with Crippen LogP contribution in [0.2, 0.25) is 0 Å². The van der Waals surface area contributed by atoms with Crippen LogP contribution in [0.4, 0.5) is 0 Å². The molecule has 1 aromatic carbocycles. The van der Waals surface area contributed by atoms with Crippen LogP contribution in [0.5, 0.6) is 0 Å². The summed E-state index contributed by atoms with van der Waals surface area (Å²) in [5, 5.41) is 12.0. The van der Waals surface area contributed by atoms with Crippen LogP contribution in [0.1, 0.15) is 10.9 Å². The van der Waals surface area contributed by atoms with Gasteiger partial charge in [0.2, 0.25) is 0 Å². The maximum Gasteiger partial charge on any atom is 0.321 e. The first kappa shape index (κ1) is 9.55. The van der Waals surface area contributed by atoms with E-state index in [4.69, 9.17) is 5.11 Å². The highest BCUT2D eigenvalue weighted by Gasteiger charge is 2.29. The molecule has 0 aliphatic carbocycles. The van der Waals surface area contributed by atoms with Gasteiger partial charge >= 0.3 is 5.97 Å². The summed E-state index contributed by atoms with van der Waals surface area (Å²) in [5.41, 5.74) is 1.14. The molecule has 1 aliphatic heterocycles. The van der Waals surface area contributed by atoms with Crippen molar-refractivity contribution < 1.29 is 9.90 Å². The van der Waals surface area contributed by atoms with Gasteiger partial charge in [-0.1, -0.05) is 30.3 Å². The van der Waals surface area contributed by atoms with E-state index in [1.54, 1.807) is 11.8 Å². The molecule has 2 atom stereocenters. The van der Waals surface area contributed by atoms with E-state index in [0.29, 0.717) is 5.75 Å². The van der Waals surface area contributed by atoms with Gasteiger partial charge in [0.05, 0.1) is 5.37 Å². The van der Waals surface area contributed by atoms with Gasteiger partial charge in [-0.3, -0.25) is 10.1 Å². The third-order valence-corrected chi connectivity index (χ3v) is 3.45. The van der Waals surface area contributed by atoms with E-state index in [0.717, 1.165) is 5.56 Å². The van der Waals surface area contributed by atoms with Crippen LogP contribution in [0, 0.1) is 0 Å². The lowest BCUT2D eigenvalue weighted by atomic mass is 10.2. The van der Waals surface area contributed by atoms with Gasteiger partial charge in [0.15, 0.2) is 0 Å². The van der Waals surface area contributed by atoms with Gasteiger partial charge in [0.1, 0.15) is 6.04 Å². The molecule has 1 unspecified atom stereocenters. The first-order valence-corrected chi connectivity index (χ1v) is 5.47. The third-order valence-electron chi connectivity index (χ3n) is 2.18. The highest BCUT2D eigenvalue weighted by atomic mass is 32.2. The summed E-state index contributed by atoms with van der Waals surface area (Å²) in [6.07, 6.45) is 0. The van der Waals surface area contributed by atoms with Crippen LogP contribution in [-0.2, 0) is 4.79 Å². The molecule has 1 saturated heterocycles. The number of hydrogen-bond acceptors (Lipinski definition) is 3. The minimum atomic E-state index is -0.768. The summed E-state index contributed by atoms with van der Waals surface area (Å²) in [4.78, 5) is 10.7. The Morgan fingerprint density at radius 1 is 1.43 bits per heavy atom. The molecule has 0 saturated carbocycles. The summed E-state index contributed by atoms with van der Waals surface area (Å²) in [6, 6.07) is 9.49. The monoisotopic (exact) mass is 209 g/mol. The van der Waals surface area contributed by atoms with Crippen LogP contribution in [-0.4, -0.2) is 22.9 Å². The highest BCUT2D eigenvalue weighted by Crippen LogP contribution is 2.32. The first-order valence-electron chi connectivity index (χ1n) is 4.43. The summed E-state index contributed by atoms with van der Waals surface area (Å²) in [5.74, 6) is -0.134. The van der Waals surface area contributed by atoms with Crippen molar-refractivity contribution in [3.05, 3.63) is 35.9 Å². The van der Waals surface area contributed by atoms with E-state index < -0.39 is 12.0 Å². The Hall–Kier alpha value is -1.00. The number of benzene rings is 1. The molecular weight excluding hydrogens is 198 g/mol. The predicted octanol–water partition coefficient (Wildman–Crippen LogP) is 1.47. The SMILES string of the molecule is O=C(O)C1CS[C@@H](c2ccccc2)N1. The minimum absolute atomic E-state index is 0.123. The molecule has 1 aromatic rings. The second-order valence-corrected chi connectivity index (χ2v) is 4.32. The van der Waals surface area contributed by atoms with Crippen molar-refractivity contribution in [2.24, 2.45) is 0 Å². The van der Waals surface area contributed by atoms with Crippen molar-refractivity contribution in [3.63, 3.8) is 0 Å². The molecule has 1 fully saturated rings. The maximum atomic E-state index is 10.7. The summed E-state index contributed by atoms with van der Waals surface area (Å²) in [6.45, 7) is 0. The van der Waals surface area contributed by atoms with Gasteiger partial charge < -0.3 is 5.11 Å². The Morgan fingerprint density at radius 3 is 2.71 bits per heavy atom. The van der Waals surface area contributed by atoms with E-state index >= 15 is 0 Å². The predicted molar refractivity (Wildman–Crippen MR) is 56.2 cm³/mol. The molecular formula is C10H11NO2S.